The summed E-state index contributed by atoms with van der Waals surface area (Å²) in [4.78, 5) is 18.6. The molecule has 0 unspecified atom stereocenters. The van der Waals surface area contributed by atoms with Gasteiger partial charge in [0.15, 0.2) is 0 Å². The molecule has 2 heterocycles. The molecule has 0 spiro atoms. The first kappa shape index (κ1) is 15.3. The second-order valence-electron chi connectivity index (χ2n) is 6.03. The second kappa shape index (κ2) is 6.14. The zero-order valence-electron chi connectivity index (χ0n) is 12.5. The van der Waals surface area contributed by atoms with Crippen LogP contribution in [0.4, 0.5) is 0 Å². The number of carbonyl (C=O) groups excluding carboxylic acids is 1. The molecule has 1 aliphatic rings. The molecule has 0 radical (unpaired) electrons. The molecular weight excluding hydrogens is 272 g/mol. The van der Waals surface area contributed by atoms with Gasteiger partial charge in [-0.05, 0) is 18.6 Å². The number of nitrogens with zero attached hydrogens (tertiary/aromatic N) is 2. The van der Waals surface area contributed by atoms with E-state index in [-0.39, 0.29) is 16.7 Å². The molecule has 20 heavy (non-hydrogen) atoms. The number of thioether (sulfide) groups is 1. The van der Waals surface area contributed by atoms with E-state index in [1.165, 1.54) is 0 Å². The number of likely N-dealkylation sites (N-methyl/N-ethyl adjacent to an activating group) is 1. The van der Waals surface area contributed by atoms with E-state index in [2.05, 4.69) is 25.8 Å². The molecular formula is C15H22N2O2S. The minimum Gasteiger partial charge on any atom is -0.379 e. The van der Waals surface area contributed by atoms with Crippen molar-refractivity contribution in [3.8, 4) is 0 Å². The first-order valence-corrected chi connectivity index (χ1v) is 7.68. The van der Waals surface area contributed by atoms with E-state index in [0.29, 0.717) is 12.2 Å². The van der Waals surface area contributed by atoms with E-state index >= 15 is 0 Å². The molecule has 2 rings (SSSR count). The average Bonchev–Trinajstić information content (AvgIpc) is 2.89. The Morgan fingerprint density at radius 1 is 1.50 bits per heavy atom. The predicted octanol–water partition coefficient (Wildman–Crippen LogP) is 2.83. The highest BCUT2D eigenvalue weighted by molar-refractivity contribution is 8.00. The molecule has 1 fully saturated rings. The smallest absolute Gasteiger partial charge is 0.254 e. The Morgan fingerprint density at radius 2 is 2.25 bits per heavy atom. The molecule has 5 heteroatoms. The van der Waals surface area contributed by atoms with E-state index in [1.807, 2.05) is 13.1 Å². The van der Waals surface area contributed by atoms with Crippen LogP contribution in [0, 0.1) is 0 Å². The number of hydrogen-bond donors (Lipinski definition) is 0. The van der Waals surface area contributed by atoms with Crippen molar-refractivity contribution in [3.05, 3.63) is 23.9 Å². The maximum Gasteiger partial charge on any atom is 0.254 e. The van der Waals surface area contributed by atoms with Crippen LogP contribution in [-0.2, 0) is 4.74 Å². The standard InChI is InChI=1S/C15H22N2O2S/c1-15(2,3)20-13-9-11(5-7-16-13)14(18)17(4)12-6-8-19-10-12/h5,7,9,12H,6,8,10H2,1-4H3/t12-/m0/s1. The molecule has 0 bridgehead atoms. The van der Waals surface area contributed by atoms with Crippen molar-refractivity contribution in [2.75, 3.05) is 20.3 Å². The van der Waals surface area contributed by atoms with E-state index in [0.717, 1.165) is 18.1 Å². The summed E-state index contributed by atoms with van der Waals surface area (Å²) >= 11 is 1.67. The van der Waals surface area contributed by atoms with Crippen LogP contribution < -0.4 is 0 Å². The molecule has 0 aromatic carbocycles. The number of aromatic nitrogens is 1. The first-order valence-electron chi connectivity index (χ1n) is 6.87. The SMILES string of the molecule is CN(C(=O)c1ccnc(SC(C)(C)C)c1)[C@H]1CCOC1. The van der Waals surface area contributed by atoms with Gasteiger partial charge in [0.1, 0.15) is 0 Å². The van der Waals surface area contributed by atoms with Crippen LogP contribution in [0.15, 0.2) is 23.4 Å². The van der Waals surface area contributed by atoms with Crippen LogP contribution in [0.25, 0.3) is 0 Å². The summed E-state index contributed by atoms with van der Waals surface area (Å²) in [6.07, 6.45) is 2.62. The Hall–Kier alpha value is -1.07. The number of pyridine rings is 1. The van der Waals surface area contributed by atoms with Crippen molar-refractivity contribution in [3.63, 3.8) is 0 Å². The van der Waals surface area contributed by atoms with Crippen LogP contribution in [-0.4, -0.2) is 46.8 Å². The third-order valence-corrected chi connectivity index (χ3v) is 4.21. The Bertz CT molecular complexity index is 479. The summed E-state index contributed by atoms with van der Waals surface area (Å²) in [5.74, 6) is 0.0404. The number of ether oxygens (including phenoxy) is 1. The van der Waals surface area contributed by atoms with Crippen LogP contribution in [0.3, 0.4) is 0 Å². The summed E-state index contributed by atoms with van der Waals surface area (Å²) in [5.41, 5.74) is 0.696. The van der Waals surface area contributed by atoms with Crippen LogP contribution in [0.5, 0.6) is 0 Å². The lowest BCUT2D eigenvalue weighted by atomic mass is 10.2. The molecule has 1 saturated heterocycles. The zero-order chi connectivity index (χ0) is 14.8. The zero-order valence-corrected chi connectivity index (χ0v) is 13.4. The maximum absolute atomic E-state index is 12.5. The number of carbonyl (C=O) groups is 1. The fourth-order valence-electron chi connectivity index (χ4n) is 2.11. The van der Waals surface area contributed by atoms with Gasteiger partial charge in [-0.2, -0.15) is 0 Å². The molecule has 1 amide bonds. The lowest BCUT2D eigenvalue weighted by molar-refractivity contribution is 0.0711. The number of amides is 1. The predicted molar refractivity (Wildman–Crippen MR) is 81.2 cm³/mol. The van der Waals surface area contributed by atoms with Crippen LogP contribution in [0.1, 0.15) is 37.6 Å². The van der Waals surface area contributed by atoms with Gasteiger partial charge in [0.05, 0.1) is 17.7 Å². The fraction of sp³-hybridized carbons (Fsp3) is 0.600. The highest BCUT2D eigenvalue weighted by Crippen LogP contribution is 2.30. The molecule has 1 aromatic heterocycles. The van der Waals surface area contributed by atoms with Crippen molar-refractivity contribution in [2.24, 2.45) is 0 Å². The van der Waals surface area contributed by atoms with E-state index in [9.17, 15) is 4.79 Å². The van der Waals surface area contributed by atoms with Gasteiger partial charge in [-0.1, -0.05) is 20.8 Å². The van der Waals surface area contributed by atoms with Gasteiger partial charge in [-0.15, -0.1) is 11.8 Å². The van der Waals surface area contributed by atoms with Crippen LogP contribution in [0.2, 0.25) is 0 Å². The van der Waals surface area contributed by atoms with Gasteiger partial charge < -0.3 is 9.64 Å². The Balaban J connectivity index is 2.11. The Labute approximate surface area is 124 Å². The third kappa shape index (κ3) is 3.96. The van der Waals surface area contributed by atoms with E-state index < -0.39 is 0 Å². The summed E-state index contributed by atoms with van der Waals surface area (Å²) in [5, 5.41) is 0.888. The van der Waals surface area contributed by atoms with E-state index in [4.69, 9.17) is 4.74 Å². The minimum atomic E-state index is 0.0404. The highest BCUT2D eigenvalue weighted by Gasteiger charge is 2.25. The number of rotatable bonds is 3. The van der Waals surface area contributed by atoms with Crippen molar-refractivity contribution in [1.29, 1.82) is 0 Å². The van der Waals surface area contributed by atoms with Gasteiger partial charge in [0.2, 0.25) is 0 Å². The fourth-order valence-corrected chi connectivity index (χ4v) is 3.04. The third-order valence-electron chi connectivity index (χ3n) is 3.17. The minimum absolute atomic E-state index is 0.0404. The van der Waals surface area contributed by atoms with Crippen molar-refractivity contribution in [2.45, 2.75) is 43.0 Å². The van der Waals surface area contributed by atoms with Gasteiger partial charge >= 0.3 is 0 Å². The molecule has 0 N–H and O–H groups in total. The monoisotopic (exact) mass is 294 g/mol. The summed E-state index contributed by atoms with van der Waals surface area (Å²) < 4.78 is 5.43. The molecule has 0 aliphatic carbocycles. The molecule has 4 nitrogen and oxygen atoms in total. The molecule has 110 valence electrons. The summed E-state index contributed by atoms with van der Waals surface area (Å²) in [6, 6.07) is 3.85. The maximum atomic E-state index is 12.5. The average molecular weight is 294 g/mol. The summed E-state index contributed by atoms with van der Waals surface area (Å²) in [6.45, 7) is 7.78. The van der Waals surface area contributed by atoms with Crippen molar-refractivity contribution >= 4 is 17.7 Å². The normalized spacial score (nSPS) is 19.1. The lowest BCUT2D eigenvalue weighted by Crippen LogP contribution is -2.37. The molecule has 0 saturated carbocycles. The van der Waals surface area contributed by atoms with Crippen LogP contribution >= 0.6 is 11.8 Å². The summed E-state index contributed by atoms with van der Waals surface area (Å²) in [7, 11) is 1.85. The topological polar surface area (TPSA) is 42.4 Å². The van der Waals surface area contributed by atoms with Gasteiger partial charge in [-0.3, -0.25) is 4.79 Å². The molecule has 1 atom stereocenters. The Kier molecular flexibility index (Phi) is 4.70. The van der Waals surface area contributed by atoms with Crippen molar-refractivity contribution in [1.82, 2.24) is 9.88 Å². The molecule has 1 aliphatic heterocycles. The van der Waals surface area contributed by atoms with Gasteiger partial charge in [0.25, 0.3) is 5.91 Å². The number of hydrogen-bond acceptors (Lipinski definition) is 4. The Morgan fingerprint density at radius 3 is 2.85 bits per heavy atom. The van der Waals surface area contributed by atoms with E-state index in [1.54, 1.807) is 28.9 Å². The molecule has 1 aromatic rings. The lowest BCUT2D eigenvalue weighted by Gasteiger charge is -2.23. The second-order valence-corrected chi connectivity index (χ2v) is 7.88. The quantitative estimate of drug-likeness (QED) is 0.804. The highest BCUT2D eigenvalue weighted by atomic mass is 32.2. The van der Waals surface area contributed by atoms with Gasteiger partial charge in [-0.25, -0.2) is 4.98 Å². The largest absolute Gasteiger partial charge is 0.379 e. The van der Waals surface area contributed by atoms with Gasteiger partial charge in [0, 0.05) is 30.2 Å². The first-order chi connectivity index (χ1) is 9.37. The van der Waals surface area contributed by atoms with Crippen molar-refractivity contribution < 1.29 is 9.53 Å².